The third-order valence-electron chi connectivity index (χ3n) is 2.76. The van der Waals surface area contributed by atoms with Crippen molar-refractivity contribution in [2.45, 2.75) is 12.2 Å². The van der Waals surface area contributed by atoms with Crippen LogP contribution >= 0.6 is 11.8 Å². The second-order valence-corrected chi connectivity index (χ2v) is 5.63. The number of thioether (sulfide) groups is 1. The van der Waals surface area contributed by atoms with E-state index in [1.165, 1.54) is 23.9 Å². The summed E-state index contributed by atoms with van der Waals surface area (Å²) >= 11 is 1.42. The molecule has 0 aliphatic heterocycles. The summed E-state index contributed by atoms with van der Waals surface area (Å²) in [5, 5.41) is 11.9. The Morgan fingerprint density at radius 2 is 2.00 bits per heavy atom. The quantitative estimate of drug-likeness (QED) is 0.396. The van der Waals surface area contributed by atoms with Gasteiger partial charge in [-0.15, -0.1) is 0 Å². The Bertz CT molecular complexity index is 665. The molecule has 0 spiro atoms. The molecule has 0 aromatic heterocycles. The number of nitriles is 1. The average Bonchev–Trinajstić information content (AvgIpc) is 2.48. The van der Waals surface area contributed by atoms with E-state index in [0.29, 0.717) is 10.9 Å². The molecule has 2 rings (SSSR count). The maximum absolute atomic E-state index is 13.2. The van der Waals surface area contributed by atoms with E-state index < -0.39 is 0 Å². The fraction of sp³-hybridized carbons (Fsp3) is 0.125. The van der Waals surface area contributed by atoms with Gasteiger partial charge < -0.3 is 0 Å². The van der Waals surface area contributed by atoms with Gasteiger partial charge in [0.2, 0.25) is 0 Å². The monoisotopic (exact) mass is 299 g/mol. The molecule has 5 heteroatoms. The lowest BCUT2D eigenvalue weighted by Gasteiger charge is -2.12. The predicted octanol–water partition coefficient (Wildman–Crippen LogP) is 4.38. The fourth-order valence-electron chi connectivity index (χ4n) is 1.75. The van der Waals surface area contributed by atoms with Gasteiger partial charge in [-0.2, -0.15) is 5.26 Å². The summed E-state index contributed by atoms with van der Waals surface area (Å²) in [5.41, 5.74) is 1.61. The van der Waals surface area contributed by atoms with E-state index in [4.69, 9.17) is 5.26 Å². The SMILES string of the molecule is C[C@H](SC(=Nc1cccc(F)c1)NC#N)c1ccccc1. The Kier molecular flexibility index (Phi) is 5.35. The molecule has 0 amide bonds. The number of benzene rings is 2. The Morgan fingerprint density at radius 3 is 2.67 bits per heavy atom. The highest BCUT2D eigenvalue weighted by Gasteiger charge is 2.10. The van der Waals surface area contributed by atoms with E-state index in [-0.39, 0.29) is 11.1 Å². The van der Waals surface area contributed by atoms with Crippen molar-refractivity contribution in [3.8, 4) is 6.19 Å². The average molecular weight is 299 g/mol. The molecule has 0 bridgehead atoms. The number of nitrogens with zero attached hydrogens (tertiary/aromatic N) is 2. The molecule has 21 heavy (non-hydrogen) atoms. The lowest BCUT2D eigenvalue weighted by atomic mass is 10.2. The van der Waals surface area contributed by atoms with Crippen LogP contribution in [0.2, 0.25) is 0 Å². The van der Waals surface area contributed by atoms with E-state index in [1.54, 1.807) is 12.1 Å². The van der Waals surface area contributed by atoms with Crippen LogP contribution in [0, 0.1) is 17.3 Å². The molecule has 106 valence electrons. The van der Waals surface area contributed by atoms with Gasteiger partial charge in [0.1, 0.15) is 5.82 Å². The highest BCUT2D eigenvalue weighted by molar-refractivity contribution is 8.14. The highest BCUT2D eigenvalue weighted by Crippen LogP contribution is 2.29. The van der Waals surface area contributed by atoms with Crippen LogP contribution in [0.15, 0.2) is 59.6 Å². The van der Waals surface area contributed by atoms with Gasteiger partial charge in [-0.1, -0.05) is 48.2 Å². The van der Waals surface area contributed by atoms with Gasteiger partial charge in [-0.25, -0.2) is 9.38 Å². The smallest absolute Gasteiger partial charge is 0.183 e. The maximum atomic E-state index is 13.2. The van der Waals surface area contributed by atoms with Crippen molar-refractivity contribution in [3.05, 3.63) is 66.0 Å². The normalized spacial score (nSPS) is 12.5. The molecule has 3 nitrogen and oxygen atoms in total. The zero-order chi connectivity index (χ0) is 15.1. The first-order valence-electron chi connectivity index (χ1n) is 6.40. The molecule has 1 N–H and O–H groups in total. The second kappa shape index (κ2) is 7.46. The number of aliphatic imine (C=N–C) groups is 1. The summed E-state index contributed by atoms with van der Waals surface area (Å²) in [6, 6.07) is 15.9. The van der Waals surface area contributed by atoms with Gasteiger partial charge >= 0.3 is 0 Å². The Balaban J connectivity index is 2.18. The summed E-state index contributed by atoms with van der Waals surface area (Å²) < 4.78 is 13.2. The summed E-state index contributed by atoms with van der Waals surface area (Å²) in [6.07, 6.45) is 1.86. The van der Waals surface area contributed by atoms with Gasteiger partial charge in [0.15, 0.2) is 11.4 Å². The van der Waals surface area contributed by atoms with Crippen LogP contribution in [0.1, 0.15) is 17.7 Å². The number of halogens is 1. The Morgan fingerprint density at radius 1 is 1.24 bits per heavy atom. The molecule has 2 aromatic carbocycles. The van der Waals surface area contributed by atoms with Gasteiger partial charge in [-0.3, -0.25) is 5.32 Å². The lowest BCUT2D eigenvalue weighted by molar-refractivity contribution is 0.628. The summed E-state index contributed by atoms with van der Waals surface area (Å²) in [6.45, 7) is 2.03. The zero-order valence-electron chi connectivity index (χ0n) is 11.5. The Hall–Kier alpha value is -2.32. The second-order valence-electron chi connectivity index (χ2n) is 4.30. The molecular formula is C16H14FN3S. The number of hydrogen-bond acceptors (Lipinski definition) is 3. The Labute approximate surface area is 127 Å². The van der Waals surface area contributed by atoms with Crippen molar-refractivity contribution in [3.63, 3.8) is 0 Å². The minimum atomic E-state index is -0.353. The molecule has 0 unspecified atom stereocenters. The number of nitrogens with one attached hydrogen (secondary N) is 1. The van der Waals surface area contributed by atoms with Gasteiger partial charge in [-0.05, 0) is 30.7 Å². The molecule has 0 aliphatic rings. The number of hydrogen-bond donors (Lipinski definition) is 1. The van der Waals surface area contributed by atoms with Gasteiger partial charge in [0, 0.05) is 5.25 Å². The maximum Gasteiger partial charge on any atom is 0.183 e. The zero-order valence-corrected chi connectivity index (χ0v) is 12.3. The molecule has 0 saturated carbocycles. The van der Waals surface area contributed by atoms with Crippen molar-refractivity contribution in [1.29, 1.82) is 5.26 Å². The molecule has 0 heterocycles. The van der Waals surface area contributed by atoms with Gasteiger partial charge in [0.05, 0.1) is 5.69 Å². The van der Waals surface area contributed by atoms with Crippen LogP contribution in [0.25, 0.3) is 0 Å². The number of rotatable bonds is 3. The van der Waals surface area contributed by atoms with E-state index in [9.17, 15) is 4.39 Å². The topological polar surface area (TPSA) is 48.2 Å². The summed E-state index contributed by atoms with van der Waals surface area (Å²) in [5.74, 6) is -0.353. The first-order valence-corrected chi connectivity index (χ1v) is 7.28. The molecule has 0 fully saturated rings. The molecule has 0 radical (unpaired) electrons. The first kappa shape index (κ1) is 15.1. The van der Waals surface area contributed by atoms with Crippen molar-refractivity contribution in [1.82, 2.24) is 5.32 Å². The molecule has 2 aromatic rings. The van der Waals surface area contributed by atoms with Crippen LogP contribution in [-0.4, -0.2) is 5.17 Å². The van der Waals surface area contributed by atoms with Crippen molar-refractivity contribution in [2.75, 3.05) is 0 Å². The fourth-order valence-corrected chi connectivity index (χ4v) is 2.64. The van der Waals surface area contributed by atoms with E-state index in [0.717, 1.165) is 5.56 Å². The third kappa shape index (κ3) is 4.62. The summed E-state index contributed by atoms with van der Waals surface area (Å²) in [7, 11) is 0. The molecule has 0 aliphatic carbocycles. The van der Waals surface area contributed by atoms with Crippen LogP contribution in [-0.2, 0) is 0 Å². The van der Waals surface area contributed by atoms with Crippen LogP contribution in [0.3, 0.4) is 0 Å². The van der Waals surface area contributed by atoms with Crippen molar-refractivity contribution >= 4 is 22.6 Å². The van der Waals surface area contributed by atoms with E-state index in [1.807, 2.05) is 43.4 Å². The standard InChI is InChI=1S/C16H14FN3S/c1-12(13-6-3-2-4-7-13)21-16(19-11-18)20-15-9-5-8-14(17)10-15/h2-10,12H,1H3,(H,19,20)/t12-/m0/s1. The molecule has 1 atom stereocenters. The van der Waals surface area contributed by atoms with Gasteiger partial charge in [0.25, 0.3) is 0 Å². The van der Waals surface area contributed by atoms with E-state index in [2.05, 4.69) is 10.3 Å². The van der Waals surface area contributed by atoms with E-state index >= 15 is 0 Å². The minimum absolute atomic E-state index is 0.124. The first-order chi connectivity index (χ1) is 10.2. The minimum Gasteiger partial charge on any atom is -0.271 e. The summed E-state index contributed by atoms with van der Waals surface area (Å²) in [4.78, 5) is 4.28. The molecular weight excluding hydrogens is 285 g/mol. The van der Waals surface area contributed by atoms with Crippen LogP contribution in [0.4, 0.5) is 10.1 Å². The lowest BCUT2D eigenvalue weighted by Crippen LogP contribution is -2.14. The highest BCUT2D eigenvalue weighted by atomic mass is 32.2. The molecule has 0 saturated heterocycles. The van der Waals surface area contributed by atoms with Crippen molar-refractivity contribution < 1.29 is 4.39 Å². The van der Waals surface area contributed by atoms with Crippen LogP contribution < -0.4 is 5.32 Å². The predicted molar refractivity (Wildman–Crippen MR) is 84.7 cm³/mol. The van der Waals surface area contributed by atoms with Crippen LogP contribution in [0.5, 0.6) is 0 Å². The third-order valence-corrected chi connectivity index (χ3v) is 3.80. The van der Waals surface area contributed by atoms with Crippen molar-refractivity contribution in [2.24, 2.45) is 4.99 Å². The number of amidine groups is 1. The largest absolute Gasteiger partial charge is 0.271 e.